The van der Waals surface area contributed by atoms with Crippen molar-refractivity contribution in [3.63, 3.8) is 0 Å². The molecule has 11 heteroatoms. The fourth-order valence-electron chi connectivity index (χ4n) is 5.17. The number of methoxy groups -OCH3 is 1. The molecular weight excluding hydrogens is 588 g/mol. The van der Waals surface area contributed by atoms with Crippen molar-refractivity contribution < 1.29 is 22.7 Å². The van der Waals surface area contributed by atoms with E-state index in [1.807, 2.05) is 43.3 Å². The van der Waals surface area contributed by atoms with Crippen LogP contribution < -0.4 is 24.6 Å². The lowest BCUT2D eigenvalue weighted by molar-refractivity contribution is -0.128. The summed E-state index contributed by atoms with van der Waals surface area (Å²) in [5.41, 5.74) is 2.72. The number of nitrogens with zero attached hydrogens (tertiary/aromatic N) is 2. The number of halogens is 1. The number of hydrogen-bond donors (Lipinski definition) is 2. The average Bonchev–Trinajstić information content (AvgIpc) is 3.12. The number of carbonyl (C=O) groups excluding carboxylic acids is 2. The van der Waals surface area contributed by atoms with Crippen molar-refractivity contribution in [2.45, 2.75) is 37.4 Å². The number of ether oxygens (including phenoxy) is 1. The van der Waals surface area contributed by atoms with Crippen molar-refractivity contribution in [2.75, 3.05) is 29.9 Å². The third-order valence-corrected chi connectivity index (χ3v) is 9.53. The molecule has 0 saturated heterocycles. The number of carbonyl (C=O) groups is 2. The van der Waals surface area contributed by atoms with Gasteiger partial charge in [0.2, 0.25) is 5.91 Å². The van der Waals surface area contributed by atoms with Crippen LogP contribution in [-0.4, -0.2) is 53.0 Å². The Bertz CT molecular complexity index is 1750. The molecular formula is C32H35ClN4O5S. The zero-order valence-corrected chi connectivity index (χ0v) is 26.0. The van der Waals surface area contributed by atoms with Gasteiger partial charge in [-0.25, -0.2) is 8.42 Å². The first kappa shape index (κ1) is 31.8. The maximum absolute atomic E-state index is 14.4. The minimum Gasteiger partial charge on any atom is -0.497 e. The molecule has 5 rings (SSSR count). The molecule has 0 bridgehead atoms. The van der Waals surface area contributed by atoms with Crippen LogP contribution in [0.3, 0.4) is 0 Å². The van der Waals surface area contributed by atoms with Crippen LogP contribution in [-0.2, 0) is 26.2 Å². The number of amides is 2. The lowest BCUT2D eigenvalue weighted by Gasteiger charge is -2.27. The number of anilines is 2. The summed E-state index contributed by atoms with van der Waals surface area (Å²) in [7, 11) is -0.999. The van der Waals surface area contributed by atoms with Gasteiger partial charge in [0.25, 0.3) is 15.9 Å². The Balaban J connectivity index is 0.00000423. The number of benzene rings is 4. The maximum Gasteiger partial charge on any atom is 0.264 e. The van der Waals surface area contributed by atoms with Crippen LogP contribution in [0.4, 0.5) is 11.4 Å². The average molecular weight is 623 g/mol. The molecule has 43 heavy (non-hydrogen) atoms. The van der Waals surface area contributed by atoms with Crippen LogP contribution in [0, 0.1) is 6.92 Å². The van der Waals surface area contributed by atoms with E-state index in [1.165, 1.54) is 23.5 Å². The molecule has 2 N–H and O–H groups in total. The van der Waals surface area contributed by atoms with Gasteiger partial charge >= 0.3 is 0 Å². The van der Waals surface area contributed by atoms with Gasteiger partial charge in [-0.1, -0.05) is 48.5 Å². The summed E-state index contributed by atoms with van der Waals surface area (Å²) in [5.74, 6) is -0.299. The van der Waals surface area contributed by atoms with E-state index in [0.29, 0.717) is 17.1 Å². The molecule has 0 saturated carbocycles. The van der Waals surface area contributed by atoms with Crippen LogP contribution in [0.25, 0.3) is 10.8 Å². The molecule has 4 aromatic rings. The quantitative estimate of drug-likeness (QED) is 0.301. The van der Waals surface area contributed by atoms with Crippen molar-refractivity contribution in [2.24, 2.45) is 0 Å². The summed E-state index contributed by atoms with van der Waals surface area (Å²) in [6.45, 7) is 3.57. The Morgan fingerprint density at radius 1 is 0.977 bits per heavy atom. The number of sulfonamides is 1. The normalized spacial score (nSPS) is 15.7. The number of nitrogens with one attached hydrogen (secondary N) is 2. The third-order valence-electron chi connectivity index (χ3n) is 7.73. The molecule has 0 aliphatic carbocycles. The second kappa shape index (κ2) is 13.0. The van der Waals surface area contributed by atoms with E-state index in [9.17, 15) is 18.0 Å². The summed E-state index contributed by atoms with van der Waals surface area (Å²) in [6, 6.07) is 23.3. The smallest absolute Gasteiger partial charge is 0.264 e. The Kier molecular flexibility index (Phi) is 9.64. The maximum atomic E-state index is 14.4. The summed E-state index contributed by atoms with van der Waals surface area (Å²) < 4.78 is 34.7. The standard InChI is InChI=1S/C32H34N4O5S.ClH/c1-21-13-14-23-9-5-6-10-26(23)27(21)19-35-29-11-7-8-12-30(29)36(20-28(32(35)38)34-31(37)22(2)33-3)42(39,40)25-17-15-24(41-4)16-18-25;/h5-18,22,28,33H,19-20H2,1-4H3,(H,34,37);1H/t22-,28-;/m0./s1. The molecule has 2 atom stereocenters. The number of likely N-dealkylation sites (N-methyl/N-ethyl adjacent to an activating group) is 1. The van der Waals surface area contributed by atoms with E-state index < -0.39 is 33.9 Å². The van der Waals surface area contributed by atoms with Gasteiger partial charge in [-0.15, -0.1) is 12.4 Å². The largest absolute Gasteiger partial charge is 0.497 e. The van der Waals surface area contributed by atoms with Crippen molar-refractivity contribution in [1.82, 2.24) is 10.6 Å². The third kappa shape index (κ3) is 6.17. The van der Waals surface area contributed by atoms with Crippen molar-refractivity contribution >= 4 is 56.4 Å². The first-order valence-corrected chi connectivity index (χ1v) is 15.1. The number of aryl methyl sites for hydroxylation is 1. The monoisotopic (exact) mass is 622 g/mol. The van der Waals surface area contributed by atoms with Gasteiger partial charge in [-0.2, -0.15) is 0 Å². The fraction of sp³-hybridized carbons (Fsp3) is 0.250. The molecule has 0 unspecified atom stereocenters. The molecule has 2 amide bonds. The van der Waals surface area contributed by atoms with Crippen molar-refractivity contribution in [1.29, 1.82) is 0 Å². The molecule has 1 heterocycles. The van der Waals surface area contributed by atoms with Crippen LogP contribution in [0.2, 0.25) is 0 Å². The highest BCUT2D eigenvalue weighted by Gasteiger charge is 2.40. The lowest BCUT2D eigenvalue weighted by Crippen LogP contribution is -2.55. The minimum atomic E-state index is -4.15. The lowest BCUT2D eigenvalue weighted by atomic mass is 9.99. The Hall–Kier alpha value is -4.12. The zero-order chi connectivity index (χ0) is 30.0. The van der Waals surface area contributed by atoms with E-state index in [1.54, 1.807) is 55.3 Å². The van der Waals surface area contributed by atoms with E-state index in [4.69, 9.17) is 4.74 Å². The van der Waals surface area contributed by atoms with Gasteiger partial charge in [-0.05, 0) is 79.2 Å². The van der Waals surface area contributed by atoms with Crippen molar-refractivity contribution in [3.05, 3.63) is 96.1 Å². The highest BCUT2D eigenvalue weighted by atomic mass is 35.5. The van der Waals surface area contributed by atoms with Gasteiger partial charge in [0.15, 0.2) is 0 Å². The van der Waals surface area contributed by atoms with E-state index >= 15 is 0 Å². The second-order valence-corrected chi connectivity index (χ2v) is 12.1. The van der Waals surface area contributed by atoms with Gasteiger partial charge in [-0.3, -0.25) is 13.9 Å². The Morgan fingerprint density at radius 2 is 1.63 bits per heavy atom. The fourth-order valence-corrected chi connectivity index (χ4v) is 6.66. The Labute approximate surface area is 258 Å². The van der Waals surface area contributed by atoms with Crippen LogP contribution in [0.5, 0.6) is 5.75 Å². The van der Waals surface area contributed by atoms with Gasteiger partial charge < -0.3 is 20.3 Å². The number of para-hydroxylation sites is 2. The van der Waals surface area contributed by atoms with Crippen LogP contribution >= 0.6 is 12.4 Å². The Morgan fingerprint density at radius 3 is 2.30 bits per heavy atom. The van der Waals surface area contributed by atoms with Crippen LogP contribution in [0.1, 0.15) is 18.1 Å². The van der Waals surface area contributed by atoms with Gasteiger partial charge in [0.05, 0.1) is 42.5 Å². The van der Waals surface area contributed by atoms with Gasteiger partial charge in [0.1, 0.15) is 11.8 Å². The minimum absolute atomic E-state index is 0. The summed E-state index contributed by atoms with van der Waals surface area (Å²) >= 11 is 0. The molecule has 0 aromatic heterocycles. The number of hydrogen-bond acceptors (Lipinski definition) is 6. The van der Waals surface area contributed by atoms with Gasteiger partial charge in [0, 0.05) is 0 Å². The summed E-state index contributed by atoms with van der Waals surface area (Å²) in [4.78, 5) is 29.0. The summed E-state index contributed by atoms with van der Waals surface area (Å²) in [5, 5.41) is 7.72. The highest BCUT2D eigenvalue weighted by Crippen LogP contribution is 2.38. The van der Waals surface area contributed by atoms with E-state index in [2.05, 4.69) is 10.6 Å². The molecule has 1 aliphatic rings. The molecule has 1 aliphatic heterocycles. The predicted molar refractivity (Wildman–Crippen MR) is 172 cm³/mol. The van der Waals surface area contributed by atoms with E-state index in [-0.39, 0.29) is 30.4 Å². The van der Waals surface area contributed by atoms with E-state index in [0.717, 1.165) is 21.9 Å². The SMILES string of the molecule is CN[C@@H](C)C(=O)N[C@H]1CN(S(=O)(=O)c2ccc(OC)cc2)c2ccccc2N(Cc2c(C)ccc3ccccc23)C1=O.Cl. The number of fused-ring (bicyclic) bond motifs is 2. The summed E-state index contributed by atoms with van der Waals surface area (Å²) in [6.07, 6.45) is 0. The molecule has 4 aromatic carbocycles. The van der Waals surface area contributed by atoms with Crippen molar-refractivity contribution in [3.8, 4) is 5.75 Å². The first-order valence-electron chi connectivity index (χ1n) is 13.7. The molecule has 0 radical (unpaired) electrons. The predicted octanol–water partition coefficient (Wildman–Crippen LogP) is 4.41. The second-order valence-electron chi connectivity index (χ2n) is 10.3. The molecule has 226 valence electrons. The molecule has 0 spiro atoms. The number of rotatable bonds is 8. The molecule has 9 nitrogen and oxygen atoms in total. The first-order chi connectivity index (χ1) is 20.1. The highest BCUT2D eigenvalue weighted by molar-refractivity contribution is 7.92. The zero-order valence-electron chi connectivity index (χ0n) is 24.4. The topological polar surface area (TPSA) is 108 Å². The van der Waals surface area contributed by atoms with Crippen LogP contribution in [0.15, 0.2) is 89.8 Å². The molecule has 0 fully saturated rings.